The molecule has 0 amide bonds. The highest BCUT2D eigenvalue weighted by Crippen LogP contribution is 2.15. The molecule has 0 radical (unpaired) electrons. The molecule has 2 aromatic heterocycles. The van der Waals surface area contributed by atoms with E-state index < -0.39 is 0 Å². The van der Waals surface area contributed by atoms with Crippen LogP contribution in [0.1, 0.15) is 11.3 Å². The Hall–Kier alpha value is -1.36. The fourth-order valence-corrected chi connectivity index (χ4v) is 1.61. The van der Waals surface area contributed by atoms with E-state index in [1.165, 1.54) is 0 Å². The van der Waals surface area contributed by atoms with Crippen LogP contribution in [0, 0.1) is 6.92 Å². The van der Waals surface area contributed by atoms with E-state index in [0.29, 0.717) is 5.95 Å². The highest BCUT2D eigenvalue weighted by atomic mass is 79.9. The predicted molar refractivity (Wildman–Crippen MR) is 65.3 cm³/mol. The number of anilines is 1. The molecule has 84 valence electrons. The van der Waals surface area contributed by atoms with Gasteiger partial charge in [-0.15, -0.1) is 0 Å². The molecule has 0 N–H and O–H groups in total. The van der Waals surface area contributed by atoms with Gasteiger partial charge in [-0.2, -0.15) is 0 Å². The molecule has 0 aromatic carbocycles. The molecule has 16 heavy (non-hydrogen) atoms. The van der Waals surface area contributed by atoms with Crippen molar-refractivity contribution in [3.63, 3.8) is 0 Å². The van der Waals surface area contributed by atoms with Crippen molar-refractivity contribution in [2.45, 2.75) is 13.5 Å². The monoisotopic (exact) mass is 281 g/mol. The van der Waals surface area contributed by atoms with Crippen LogP contribution in [0.25, 0.3) is 0 Å². The molecule has 5 heteroatoms. The van der Waals surface area contributed by atoms with Crippen LogP contribution < -0.4 is 4.90 Å². The van der Waals surface area contributed by atoms with E-state index in [0.717, 1.165) is 22.3 Å². The number of hydrogen-bond acceptors (Lipinski definition) is 4. The molecule has 2 rings (SSSR count). The Kier molecular flexibility index (Phi) is 3.24. The first-order valence-corrected chi connectivity index (χ1v) is 5.68. The maximum atomic E-state index is 5.25. The highest BCUT2D eigenvalue weighted by Gasteiger charge is 2.08. The summed E-state index contributed by atoms with van der Waals surface area (Å²) in [4.78, 5) is 10.4. The standard InChI is InChI=1S/C11H12BrN3O/c1-8-9(3-4-16-8)7-15(2)11-13-5-10(12)6-14-11/h3-6H,7H2,1-2H3. The van der Waals surface area contributed by atoms with Gasteiger partial charge in [0.25, 0.3) is 0 Å². The Morgan fingerprint density at radius 1 is 1.38 bits per heavy atom. The molecule has 0 saturated carbocycles. The van der Waals surface area contributed by atoms with E-state index in [4.69, 9.17) is 4.42 Å². The number of halogens is 1. The zero-order valence-corrected chi connectivity index (χ0v) is 10.7. The summed E-state index contributed by atoms with van der Waals surface area (Å²) in [5.41, 5.74) is 1.15. The van der Waals surface area contributed by atoms with Crippen LogP contribution in [0.4, 0.5) is 5.95 Å². The van der Waals surface area contributed by atoms with Crippen molar-refractivity contribution < 1.29 is 4.42 Å². The van der Waals surface area contributed by atoms with Gasteiger partial charge in [0.05, 0.1) is 10.7 Å². The Bertz CT molecular complexity index is 466. The zero-order valence-electron chi connectivity index (χ0n) is 9.14. The molecule has 0 aliphatic rings. The van der Waals surface area contributed by atoms with Crippen molar-refractivity contribution in [2.24, 2.45) is 0 Å². The summed E-state index contributed by atoms with van der Waals surface area (Å²) in [6, 6.07) is 1.96. The molecule has 0 spiro atoms. The summed E-state index contributed by atoms with van der Waals surface area (Å²) in [6.45, 7) is 2.69. The fraction of sp³-hybridized carbons (Fsp3) is 0.273. The average Bonchev–Trinajstić information content (AvgIpc) is 2.65. The van der Waals surface area contributed by atoms with E-state index in [9.17, 15) is 0 Å². The number of furan rings is 1. The third-order valence-corrected chi connectivity index (χ3v) is 2.73. The maximum Gasteiger partial charge on any atom is 0.225 e. The largest absolute Gasteiger partial charge is 0.469 e. The lowest BCUT2D eigenvalue weighted by molar-refractivity contribution is 0.529. The lowest BCUT2D eigenvalue weighted by atomic mass is 10.2. The Labute approximate surface area is 102 Å². The van der Waals surface area contributed by atoms with E-state index in [-0.39, 0.29) is 0 Å². The Morgan fingerprint density at radius 3 is 2.62 bits per heavy atom. The normalized spacial score (nSPS) is 10.4. The van der Waals surface area contributed by atoms with Gasteiger partial charge in [-0.05, 0) is 28.9 Å². The first-order chi connectivity index (χ1) is 7.66. The van der Waals surface area contributed by atoms with E-state index in [1.54, 1.807) is 18.7 Å². The molecule has 4 nitrogen and oxygen atoms in total. The summed E-state index contributed by atoms with van der Waals surface area (Å²) < 4.78 is 6.12. The highest BCUT2D eigenvalue weighted by molar-refractivity contribution is 9.10. The molecule has 2 aromatic rings. The molecule has 0 aliphatic heterocycles. The molecular weight excluding hydrogens is 270 g/mol. The Balaban J connectivity index is 2.11. The second-order valence-electron chi connectivity index (χ2n) is 3.56. The minimum absolute atomic E-state index is 0.698. The molecule has 0 atom stereocenters. The quantitative estimate of drug-likeness (QED) is 0.868. The van der Waals surface area contributed by atoms with Gasteiger partial charge < -0.3 is 9.32 Å². The first-order valence-electron chi connectivity index (χ1n) is 4.88. The summed E-state index contributed by atoms with van der Waals surface area (Å²) in [7, 11) is 1.95. The van der Waals surface area contributed by atoms with E-state index in [2.05, 4.69) is 25.9 Å². The summed E-state index contributed by atoms with van der Waals surface area (Å²) in [6.07, 6.45) is 5.17. The van der Waals surface area contributed by atoms with Crippen LogP contribution >= 0.6 is 15.9 Å². The molecule has 0 unspecified atom stereocenters. The van der Waals surface area contributed by atoms with Gasteiger partial charge in [0, 0.05) is 31.5 Å². The van der Waals surface area contributed by atoms with Crippen molar-refractivity contribution in [3.8, 4) is 0 Å². The predicted octanol–water partition coefficient (Wildman–Crippen LogP) is 2.78. The SMILES string of the molecule is Cc1occc1CN(C)c1ncc(Br)cn1. The topological polar surface area (TPSA) is 42.2 Å². The maximum absolute atomic E-state index is 5.25. The average molecular weight is 282 g/mol. The number of hydrogen-bond donors (Lipinski definition) is 0. The third kappa shape index (κ3) is 2.41. The van der Waals surface area contributed by atoms with Crippen molar-refractivity contribution >= 4 is 21.9 Å². The molecular formula is C11H12BrN3O. The van der Waals surface area contributed by atoms with Gasteiger partial charge in [0.15, 0.2) is 0 Å². The van der Waals surface area contributed by atoms with Crippen LogP contribution in [0.3, 0.4) is 0 Å². The second kappa shape index (κ2) is 4.65. The van der Waals surface area contributed by atoms with Crippen LogP contribution in [-0.2, 0) is 6.54 Å². The Morgan fingerprint density at radius 2 is 2.06 bits per heavy atom. The van der Waals surface area contributed by atoms with Crippen LogP contribution in [-0.4, -0.2) is 17.0 Å². The minimum atomic E-state index is 0.698. The van der Waals surface area contributed by atoms with Gasteiger partial charge >= 0.3 is 0 Å². The molecule has 0 aliphatic carbocycles. The number of nitrogens with zero attached hydrogens (tertiary/aromatic N) is 3. The number of aryl methyl sites for hydroxylation is 1. The van der Waals surface area contributed by atoms with Crippen molar-refractivity contribution in [3.05, 3.63) is 40.5 Å². The molecule has 0 bridgehead atoms. The second-order valence-corrected chi connectivity index (χ2v) is 4.48. The van der Waals surface area contributed by atoms with Gasteiger partial charge in [-0.25, -0.2) is 9.97 Å². The zero-order chi connectivity index (χ0) is 11.5. The molecule has 0 fully saturated rings. The summed E-state index contributed by atoms with van der Waals surface area (Å²) in [5.74, 6) is 1.63. The number of rotatable bonds is 3. The van der Waals surface area contributed by atoms with Crippen molar-refractivity contribution in [2.75, 3.05) is 11.9 Å². The van der Waals surface area contributed by atoms with E-state index in [1.807, 2.05) is 24.9 Å². The van der Waals surface area contributed by atoms with Gasteiger partial charge in [0.1, 0.15) is 5.76 Å². The lowest BCUT2D eigenvalue weighted by Crippen LogP contribution is -2.18. The molecule has 2 heterocycles. The lowest BCUT2D eigenvalue weighted by Gasteiger charge is -2.15. The van der Waals surface area contributed by atoms with Crippen LogP contribution in [0.15, 0.2) is 33.6 Å². The molecule has 0 saturated heterocycles. The first kappa shape index (κ1) is 11.1. The van der Waals surface area contributed by atoms with Gasteiger partial charge in [-0.3, -0.25) is 0 Å². The van der Waals surface area contributed by atoms with E-state index >= 15 is 0 Å². The van der Waals surface area contributed by atoms with Crippen molar-refractivity contribution in [1.82, 2.24) is 9.97 Å². The summed E-state index contributed by atoms with van der Waals surface area (Å²) >= 11 is 3.31. The minimum Gasteiger partial charge on any atom is -0.469 e. The number of aromatic nitrogens is 2. The smallest absolute Gasteiger partial charge is 0.225 e. The third-order valence-electron chi connectivity index (χ3n) is 2.32. The van der Waals surface area contributed by atoms with Crippen LogP contribution in [0.2, 0.25) is 0 Å². The van der Waals surface area contributed by atoms with Gasteiger partial charge in [-0.1, -0.05) is 0 Å². The fourth-order valence-electron chi connectivity index (χ4n) is 1.40. The summed E-state index contributed by atoms with van der Waals surface area (Å²) in [5, 5.41) is 0. The van der Waals surface area contributed by atoms with Gasteiger partial charge in [0.2, 0.25) is 5.95 Å². The van der Waals surface area contributed by atoms with Crippen molar-refractivity contribution in [1.29, 1.82) is 0 Å². The van der Waals surface area contributed by atoms with Crippen LogP contribution in [0.5, 0.6) is 0 Å².